The second-order valence-corrected chi connectivity index (χ2v) is 3.74. The molecule has 0 saturated carbocycles. The first-order valence-corrected chi connectivity index (χ1v) is 3.69. The van der Waals surface area contributed by atoms with Crippen LogP contribution in [0.5, 0.6) is 0 Å². The second-order valence-electron chi connectivity index (χ2n) is 3.74. The molecular weight excluding hydrogens is 140 g/mol. The van der Waals surface area contributed by atoms with E-state index in [1.165, 1.54) is 0 Å². The van der Waals surface area contributed by atoms with E-state index in [0.29, 0.717) is 5.82 Å². The van der Waals surface area contributed by atoms with Crippen molar-refractivity contribution in [3.05, 3.63) is 18.2 Å². The monoisotopic (exact) mass is 154 g/mol. The lowest BCUT2D eigenvalue weighted by Crippen LogP contribution is -2.18. The van der Waals surface area contributed by atoms with Crippen molar-refractivity contribution in [2.45, 2.75) is 26.9 Å². The Balaban J connectivity index is 2.78. The Bertz CT molecular complexity index is 210. The van der Waals surface area contributed by atoms with Gasteiger partial charge in [0.1, 0.15) is 11.9 Å². The molecule has 0 aliphatic carbocycles. The van der Waals surface area contributed by atoms with Crippen LogP contribution in [0.1, 0.15) is 32.7 Å². The first-order valence-electron chi connectivity index (χ1n) is 3.69. The molecule has 1 heterocycles. The highest BCUT2D eigenvalue weighted by molar-refractivity contribution is 4.96. The van der Waals surface area contributed by atoms with E-state index >= 15 is 0 Å². The first kappa shape index (κ1) is 8.27. The van der Waals surface area contributed by atoms with Crippen LogP contribution in [0.4, 0.5) is 0 Å². The number of hydrogen-bond acceptors (Lipinski definition) is 2. The molecule has 0 fully saturated rings. The van der Waals surface area contributed by atoms with Gasteiger partial charge in [0.2, 0.25) is 0 Å². The standard InChI is InChI=1S/C8H14N2O/c1-8(2,3)6(11)7-9-4-5-10-7/h4-6,11H,1-3H3,(H,9,10). The Morgan fingerprint density at radius 1 is 1.55 bits per heavy atom. The highest BCUT2D eigenvalue weighted by Gasteiger charge is 2.25. The Hall–Kier alpha value is -0.830. The van der Waals surface area contributed by atoms with Gasteiger partial charge in [-0.1, -0.05) is 20.8 Å². The maximum absolute atomic E-state index is 9.65. The molecular formula is C8H14N2O. The quantitative estimate of drug-likeness (QED) is 0.643. The summed E-state index contributed by atoms with van der Waals surface area (Å²) in [4.78, 5) is 6.86. The van der Waals surface area contributed by atoms with Crippen LogP contribution in [0.15, 0.2) is 12.4 Å². The average molecular weight is 154 g/mol. The summed E-state index contributed by atoms with van der Waals surface area (Å²) in [7, 11) is 0. The SMILES string of the molecule is CC(C)(C)C(O)c1ncc[nH]1. The van der Waals surface area contributed by atoms with Crippen molar-refractivity contribution >= 4 is 0 Å². The minimum atomic E-state index is -0.516. The van der Waals surface area contributed by atoms with Crippen molar-refractivity contribution in [2.75, 3.05) is 0 Å². The number of aromatic amines is 1. The summed E-state index contributed by atoms with van der Waals surface area (Å²) in [6, 6.07) is 0. The molecule has 2 N–H and O–H groups in total. The molecule has 62 valence electrons. The molecule has 1 aromatic rings. The van der Waals surface area contributed by atoms with Crippen LogP contribution < -0.4 is 0 Å². The van der Waals surface area contributed by atoms with Crippen LogP contribution in [-0.2, 0) is 0 Å². The maximum Gasteiger partial charge on any atom is 0.135 e. The summed E-state index contributed by atoms with van der Waals surface area (Å²) in [5.41, 5.74) is -0.155. The topological polar surface area (TPSA) is 48.9 Å². The molecule has 0 bridgehead atoms. The number of aliphatic hydroxyl groups excluding tert-OH is 1. The van der Waals surface area contributed by atoms with E-state index in [9.17, 15) is 5.11 Å². The van der Waals surface area contributed by atoms with Gasteiger partial charge in [-0.25, -0.2) is 4.98 Å². The van der Waals surface area contributed by atoms with Crippen molar-refractivity contribution < 1.29 is 5.11 Å². The lowest BCUT2D eigenvalue weighted by Gasteiger charge is -2.23. The number of aliphatic hydroxyl groups is 1. The van der Waals surface area contributed by atoms with Crippen molar-refractivity contribution in [3.63, 3.8) is 0 Å². The van der Waals surface area contributed by atoms with Crippen LogP contribution in [0.3, 0.4) is 0 Å². The maximum atomic E-state index is 9.65. The second kappa shape index (κ2) is 2.66. The van der Waals surface area contributed by atoms with E-state index in [2.05, 4.69) is 9.97 Å². The Morgan fingerprint density at radius 3 is 2.55 bits per heavy atom. The van der Waals surface area contributed by atoms with E-state index in [4.69, 9.17) is 0 Å². The van der Waals surface area contributed by atoms with E-state index < -0.39 is 6.10 Å². The average Bonchev–Trinajstić information content (AvgIpc) is 2.34. The number of H-pyrrole nitrogens is 1. The summed E-state index contributed by atoms with van der Waals surface area (Å²) >= 11 is 0. The zero-order valence-corrected chi connectivity index (χ0v) is 7.13. The fourth-order valence-corrected chi connectivity index (χ4v) is 0.837. The van der Waals surface area contributed by atoms with Crippen LogP contribution in [0.2, 0.25) is 0 Å². The van der Waals surface area contributed by atoms with Crippen molar-refractivity contribution in [1.29, 1.82) is 0 Å². The van der Waals surface area contributed by atoms with E-state index in [0.717, 1.165) is 0 Å². The van der Waals surface area contributed by atoms with Gasteiger partial charge in [-0.3, -0.25) is 0 Å². The Labute approximate surface area is 66.5 Å². The van der Waals surface area contributed by atoms with Gasteiger partial charge in [0.05, 0.1) is 0 Å². The van der Waals surface area contributed by atoms with Crippen LogP contribution in [-0.4, -0.2) is 15.1 Å². The third kappa shape index (κ3) is 1.80. The van der Waals surface area contributed by atoms with Gasteiger partial charge in [0.25, 0.3) is 0 Å². The largest absolute Gasteiger partial charge is 0.385 e. The summed E-state index contributed by atoms with van der Waals surface area (Å²) in [6.45, 7) is 5.92. The third-order valence-corrected chi connectivity index (χ3v) is 1.60. The molecule has 3 nitrogen and oxygen atoms in total. The normalized spacial score (nSPS) is 14.9. The zero-order valence-electron chi connectivity index (χ0n) is 7.13. The Morgan fingerprint density at radius 2 is 2.18 bits per heavy atom. The highest BCUT2D eigenvalue weighted by atomic mass is 16.3. The van der Waals surface area contributed by atoms with Gasteiger partial charge in [-0.2, -0.15) is 0 Å². The van der Waals surface area contributed by atoms with E-state index in [1.807, 2.05) is 20.8 Å². The minimum Gasteiger partial charge on any atom is -0.385 e. The molecule has 0 saturated heterocycles. The fourth-order valence-electron chi connectivity index (χ4n) is 0.837. The van der Waals surface area contributed by atoms with Crippen LogP contribution in [0.25, 0.3) is 0 Å². The lowest BCUT2D eigenvalue weighted by molar-refractivity contribution is 0.0556. The number of nitrogens with one attached hydrogen (secondary N) is 1. The fraction of sp³-hybridized carbons (Fsp3) is 0.625. The number of nitrogens with zero attached hydrogens (tertiary/aromatic N) is 1. The molecule has 0 aliphatic heterocycles. The summed E-state index contributed by atoms with van der Waals surface area (Å²) in [5, 5.41) is 9.65. The molecule has 0 amide bonds. The van der Waals surface area contributed by atoms with Gasteiger partial charge in [0, 0.05) is 12.4 Å². The third-order valence-electron chi connectivity index (χ3n) is 1.60. The van der Waals surface area contributed by atoms with E-state index in [-0.39, 0.29) is 5.41 Å². The van der Waals surface area contributed by atoms with Gasteiger partial charge < -0.3 is 10.1 Å². The first-order chi connectivity index (χ1) is 5.02. The summed E-state index contributed by atoms with van der Waals surface area (Å²) in [5.74, 6) is 0.637. The smallest absolute Gasteiger partial charge is 0.135 e. The molecule has 0 aromatic carbocycles. The number of imidazole rings is 1. The van der Waals surface area contributed by atoms with Gasteiger partial charge in [0.15, 0.2) is 0 Å². The minimum absolute atomic E-state index is 0.155. The highest BCUT2D eigenvalue weighted by Crippen LogP contribution is 2.29. The zero-order chi connectivity index (χ0) is 8.48. The molecule has 1 aromatic heterocycles. The van der Waals surface area contributed by atoms with Crippen molar-refractivity contribution in [1.82, 2.24) is 9.97 Å². The van der Waals surface area contributed by atoms with Gasteiger partial charge in [-0.05, 0) is 5.41 Å². The predicted molar refractivity (Wildman–Crippen MR) is 43.0 cm³/mol. The van der Waals surface area contributed by atoms with Gasteiger partial charge in [-0.15, -0.1) is 0 Å². The molecule has 11 heavy (non-hydrogen) atoms. The molecule has 0 radical (unpaired) electrons. The predicted octanol–water partition coefficient (Wildman–Crippen LogP) is 1.49. The van der Waals surface area contributed by atoms with Crippen LogP contribution >= 0.6 is 0 Å². The number of rotatable bonds is 1. The van der Waals surface area contributed by atoms with Gasteiger partial charge >= 0.3 is 0 Å². The molecule has 1 rings (SSSR count). The summed E-state index contributed by atoms with van der Waals surface area (Å²) < 4.78 is 0. The summed E-state index contributed by atoms with van der Waals surface area (Å²) in [6.07, 6.45) is 2.84. The van der Waals surface area contributed by atoms with Crippen molar-refractivity contribution in [3.8, 4) is 0 Å². The lowest BCUT2D eigenvalue weighted by atomic mass is 9.89. The molecule has 0 spiro atoms. The molecule has 0 aliphatic rings. The number of hydrogen-bond donors (Lipinski definition) is 2. The molecule has 1 unspecified atom stereocenters. The number of aromatic nitrogens is 2. The van der Waals surface area contributed by atoms with E-state index in [1.54, 1.807) is 12.4 Å². The molecule has 1 atom stereocenters. The van der Waals surface area contributed by atoms with Crippen molar-refractivity contribution in [2.24, 2.45) is 5.41 Å². The Kier molecular flexibility index (Phi) is 2.00. The van der Waals surface area contributed by atoms with Crippen LogP contribution in [0, 0.1) is 5.41 Å². The molecule has 3 heteroatoms.